The molecule has 0 spiro atoms. The van der Waals surface area contributed by atoms with Gasteiger partial charge in [0.05, 0.1) is 22.4 Å². The zero-order valence-corrected chi connectivity index (χ0v) is 15.8. The number of hydrogen-bond donors (Lipinski definition) is 2. The van der Waals surface area contributed by atoms with Gasteiger partial charge in [-0.3, -0.25) is 9.59 Å². The molecule has 1 aliphatic heterocycles. The standard InChI is InChI=1S/C22H13N5O4/c28-20-15-8-6-14(19-23-25-26-24-19)11-16(15)21(29)27(20)18-9-7-13(10-17(18)22(30)31)12-4-2-1-3-5-12/h1-11H,(H,30,31)(H,23,24,25,26). The topological polar surface area (TPSA) is 129 Å². The Morgan fingerprint density at radius 2 is 1.58 bits per heavy atom. The third-order valence-corrected chi connectivity index (χ3v) is 5.07. The third kappa shape index (κ3) is 2.96. The van der Waals surface area contributed by atoms with Gasteiger partial charge in [-0.15, -0.1) is 10.2 Å². The second-order valence-electron chi connectivity index (χ2n) is 6.84. The summed E-state index contributed by atoms with van der Waals surface area (Å²) in [5, 5.41) is 23.3. The molecule has 9 heteroatoms. The Balaban J connectivity index is 1.59. The van der Waals surface area contributed by atoms with E-state index in [-0.39, 0.29) is 28.2 Å². The average molecular weight is 411 g/mol. The molecule has 0 atom stereocenters. The van der Waals surface area contributed by atoms with Gasteiger partial charge in [-0.2, -0.15) is 5.21 Å². The Kier molecular flexibility index (Phi) is 4.14. The zero-order chi connectivity index (χ0) is 21.5. The molecule has 0 fully saturated rings. The lowest BCUT2D eigenvalue weighted by Crippen LogP contribution is -2.31. The van der Waals surface area contributed by atoms with E-state index < -0.39 is 17.8 Å². The van der Waals surface area contributed by atoms with Crippen molar-refractivity contribution in [3.8, 4) is 22.5 Å². The molecule has 0 saturated heterocycles. The van der Waals surface area contributed by atoms with Crippen LogP contribution in [0.25, 0.3) is 22.5 Å². The number of benzene rings is 3. The van der Waals surface area contributed by atoms with Crippen molar-refractivity contribution < 1.29 is 19.5 Å². The van der Waals surface area contributed by atoms with E-state index in [1.54, 1.807) is 12.1 Å². The van der Waals surface area contributed by atoms with E-state index in [0.717, 1.165) is 10.5 Å². The number of fused-ring (bicyclic) bond motifs is 1. The first-order valence-corrected chi connectivity index (χ1v) is 9.24. The predicted octanol–water partition coefficient (Wildman–Crippen LogP) is 3.03. The number of tetrazole rings is 1. The highest BCUT2D eigenvalue weighted by Crippen LogP contribution is 2.34. The summed E-state index contributed by atoms with van der Waals surface area (Å²) < 4.78 is 0. The van der Waals surface area contributed by atoms with E-state index >= 15 is 0 Å². The van der Waals surface area contributed by atoms with Gasteiger partial charge in [0, 0.05) is 5.56 Å². The lowest BCUT2D eigenvalue weighted by atomic mass is 10.0. The lowest BCUT2D eigenvalue weighted by Gasteiger charge is -2.17. The number of nitrogens with one attached hydrogen (secondary N) is 1. The van der Waals surface area contributed by atoms with Crippen molar-refractivity contribution in [2.24, 2.45) is 0 Å². The van der Waals surface area contributed by atoms with E-state index in [0.29, 0.717) is 11.1 Å². The lowest BCUT2D eigenvalue weighted by molar-refractivity contribution is 0.0698. The Bertz CT molecular complexity index is 1350. The maximum absolute atomic E-state index is 13.1. The fraction of sp³-hybridized carbons (Fsp3) is 0. The first-order chi connectivity index (χ1) is 15.0. The second kappa shape index (κ2) is 6.99. The number of amides is 2. The largest absolute Gasteiger partial charge is 0.478 e. The van der Waals surface area contributed by atoms with Crippen LogP contribution >= 0.6 is 0 Å². The number of carboxylic acids is 1. The molecule has 1 aliphatic rings. The predicted molar refractivity (Wildman–Crippen MR) is 110 cm³/mol. The van der Waals surface area contributed by atoms with Crippen LogP contribution < -0.4 is 4.90 Å². The number of imide groups is 1. The summed E-state index contributed by atoms with van der Waals surface area (Å²) in [6.07, 6.45) is 0. The highest BCUT2D eigenvalue weighted by atomic mass is 16.4. The van der Waals surface area contributed by atoms with Crippen molar-refractivity contribution in [3.63, 3.8) is 0 Å². The minimum Gasteiger partial charge on any atom is -0.478 e. The van der Waals surface area contributed by atoms with Gasteiger partial charge < -0.3 is 5.11 Å². The summed E-state index contributed by atoms with van der Waals surface area (Å²) in [7, 11) is 0. The molecule has 0 unspecified atom stereocenters. The van der Waals surface area contributed by atoms with Gasteiger partial charge in [-0.05, 0) is 40.6 Å². The average Bonchev–Trinajstić information content (AvgIpc) is 3.41. The number of carboxylic acid groups (broad SMARTS) is 1. The molecule has 9 nitrogen and oxygen atoms in total. The van der Waals surface area contributed by atoms with Crippen LogP contribution in [0, 0.1) is 0 Å². The molecule has 0 radical (unpaired) electrons. The maximum Gasteiger partial charge on any atom is 0.337 e. The first kappa shape index (κ1) is 18.4. The van der Waals surface area contributed by atoms with E-state index in [9.17, 15) is 19.5 Å². The van der Waals surface area contributed by atoms with Gasteiger partial charge in [-0.1, -0.05) is 42.5 Å². The molecule has 3 aromatic carbocycles. The highest BCUT2D eigenvalue weighted by molar-refractivity contribution is 6.35. The molecule has 0 aliphatic carbocycles. The number of hydrogen-bond acceptors (Lipinski definition) is 6. The summed E-state index contributed by atoms with van der Waals surface area (Å²) >= 11 is 0. The fourth-order valence-electron chi connectivity index (χ4n) is 3.60. The molecule has 0 saturated carbocycles. The van der Waals surface area contributed by atoms with Gasteiger partial charge in [0.15, 0.2) is 0 Å². The zero-order valence-electron chi connectivity index (χ0n) is 15.8. The summed E-state index contributed by atoms with van der Waals surface area (Å²) in [5.41, 5.74) is 2.19. The molecule has 2 N–H and O–H groups in total. The monoisotopic (exact) mass is 411 g/mol. The number of carbonyl (C=O) groups is 3. The van der Waals surface area contributed by atoms with Gasteiger partial charge in [0.2, 0.25) is 5.82 Å². The van der Waals surface area contributed by atoms with Crippen molar-refractivity contribution in [3.05, 3.63) is 83.4 Å². The molecular formula is C22H13N5O4. The smallest absolute Gasteiger partial charge is 0.337 e. The minimum absolute atomic E-state index is 0.0134. The van der Waals surface area contributed by atoms with Crippen LogP contribution in [0.3, 0.4) is 0 Å². The summed E-state index contributed by atoms with van der Waals surface area (Å²) in [6, 6.07) is 18.5. The molecule has 4 aromatic rings. The Morgan fingerprint density at radius 1 is 0.839 bits per heavy atom. The van der Waals surface area contributed by atoms with Gasteiger partial charge in [0.25, 0.3) is 11.8 Å². The van der Waals surface area contributed by atoms with E-state index in [1.807, 2.05) is 30.3 Å². The number of nitrogens with zero attached hydrogens (tertiary/aromatic N) is 4. The Morgan fingerprint density at radius 3 is 2.29 bits per heavy atom. The minimum atomic E-state index is -1.24. The van der Waals surface area contributed by atoms with Gasteiger partial charge >= 0.3 is 5.97 Å². The van der Waals surface area contributed by atoms with Crippen molar-refractivity contribution >= 4 is 23.5 Å². The second-order valence-corrected chi connectivity index (χ2v) is 6.84. The highest BCUT2D eigenvalue weighted by Gasteiger charge is 2.39. The Hall–Kier alpha value is -4.66. The maximum atomic E-state index is 13.1. The summed E-state index contributed by atoms with van der Waals surface area (Å²) in [5.74, 6) is -2.16. The molecular weight excluding hydrogens is 398 g/mol. The SMILES string of the molecule is O=C(O)c1cc(-c2ccccc2)ccc1N1C(=O)c2ccc(-c3nn[nH]n3)cc2C1=O. The molecule has 2 amide bonds. The van der Waals surface area contributed by atoms with Gasteiger partial charge in [0.1, 0.15) is 0 Å². The van der Waals surface area contributed by atoms with E-state index in [4.69, 9.17) is 0 Å². The molecule has 2 heterocycles. The number of anilines is 1. The molecule has 0 bridgehead atoms. The van der Waals surface area contributed by atoms with Crippen molar-refractivity contribution in [1.82, 2.24) is 20.6 Å². The number of aromatic carboxylic acids is 1. The third-order valence-electron chi connectivity index (χ3n) is 5.07. The van der Waals surface area contributed by atoms with Crippen LogP contribution in [0.2, 0.25) is 0 Å². The molecule has 5 rings (SSSR count). The number of carbonyl (C=O) groups excluding carboxylic acids is 2. The van der Waals surface area contributed by atoms with Crippen molar-refractivity contribution in [1.29, 1.82) is 0 Å². The van der Waals surface area contributed by atoms with Crippen LogP contribution in [-0.4, -0.2) is 43.5 Å². The van der Waals surface area contributed by atoms with E-state index in [2.05, 4.69) is 20.6 Å². The Labute approximate surface area is 175 Å². The summed E-state index contributed by atoms with van der Waals surface area (Å²) in [4.78, 5) is 39.0. The fourth-order valence-corrected chi connectivity index (χ4v) is 3.60. The summed E-state index contributed by atoms with van der Waals surface area (Å²) in [6.45, 7) is 0. The normalized spacial score (nSPS) is 12.8. The van der Waals surface area contributed by atoms with Crippen LogP contribution in [-0.2, 0) is 0 Å². The number of H-pyrrole nitrogens is 1. The first-order valence-electron chi connectivity index (χ1n) is 9.24. The molecule has 31 heavy (non-hydrogen) atoms. The van der Waals surface area contributed by atoms with Crippen LogP contribution in [0.4, 0.5) is 5.69 Å². The molecule has 1 aromatic heterocycles. The number of rotatable bonds is 4. The van der Waals surface area contributed by atoms with Crippen molar-refractivity contribution in [2.75, 3.05) is 4.90 Å². The van der Waals surface area contributed by atoms with E-state index in [1.165, 1.54) is 24.3 Å². The van der Waals surface area contributed by atoms with Crippen LogP contribution in [0.5, 0.6) is 0 Å². The van der Waals surface area contributed by atoms with Crippen molar-refractivity contribution in [2.45, 2.75) is 0 Å². The quantitative estimate of drug-likeness (QED) is 0.494. The van der Waals surface area contributed by atoms with Crippen LogP contribution in [0.1, 0.15) is 31.1 Å². The number of aromatic nitrogens is 4. The molecule has 150 valence electrons. The number of aromatic amines is 1. The van der Waals surface area contributed by atoms with Crippen LogP contribution in [0.15, 0.2) is 66.7 Å². The van der Waals surface area contributed by atoms with Gasteiger partial charge in [-0.25, -0.2) is 9.69 Å².